The number of benzene rings is 1. The maximum atomic E-state index is 12.4. The number of amides is 1. The van der Waals surface area contributed by atoms with Crippen molar-refractivity contribution >= 4 is 59.4 Å². The van der Waals surface area contributed by atoms with E-state index in [0.29, 0.717) is 5.69 Å². The Bertz CT molecular complexity index is 637. The van der Waals surface area contributed by atoms with Gasteiger partial charge in [0.1, 0.15) is 5.69 Å². The highest BCUT2D eigenvalue weighted by Gasteiger charge is 2.14. The maximum absolute atomic E-state index is 12.4. The first-order valence-corrected chi connectivity index (χ1v) is 8.51. The van der Waals surface area contributed by atoms with Crippen LogP contribution in [0.15, 0.2) is 43.9 Å². The van der Waals surface area contributed by atoms with E-state index < -0.39 is 0 Å². The summed E-state index contributed by atoms with van der Waals surface area (Å²) in [5, 5.41) is 2.92. The largest absolute Gasteiger partial charge is 0.342 e. The van der Waals surface area contributed by atoms with Crippen molar-refractivity contribution in [3.05, 3.63) is 49.6 Å². The van der Waals surface area contributed by atoms with Crippen LogP contribution in [0.5, 0.6) is 0 Å². The Morgan fingerprint density at radius 3 is 2.65 bits per heavy atom. The van der Waals surface area contributed by atoms with E-state index in [1.54, 1.807) is 0 Å². The molecule has 1 N–H and O–H groups in total. The monoisotopic (exact) mass is 462 g/mol. The lowest BCUT2D eigenvalue weighted by molar-refractivity contribution is 0.101. The molecule has 0 aliphatic heterocycles. The molecule has 0 spiro atoms. The molecule has 0 saturated heterocycles. The summed E-state index contributed by atoms with van der Waals surface area (Å²) in [5.74, 6) is -0.122. The molecule has 1 heterocycles. The van der Waals surface area contributed by atoms with Gasteiger partial charge in [-0.05, 0) is 62.5 Å². The van der Waals surface area contributed by atoms with Crippen molar-refractivity contribution in [2.75, 3.05) is 5.32 Å². The van der Waals surface area contributed by atoms with Gasteiger partial charge < -0.3 is 9.88 Å². The molecule has 1 aromatic carbocycles. The molecule has 0 atom stereocenters. The second kappa shape index (κ2) is 6.91. The molecule has 1 amide bonds. The van der Waals surface area contributed by atoms with E-state index in [0.717, 1.165) is 32.1 Å². The van der Waals surface area contributed by atoms with E-state index in [2.05, 4.69) is 60.0 Å². The number of carbonyl (C=O) groups excluding carboxylic acids is 1. The molecule has 0 fully saturated rings. The third-order valence-corrected chi connectivity index (χ3v) is 4.36. The highest BCUT2D eigenvalue weighted by atomic mass is 79.9. The van der Waals surface area contributed by atoms with Crippen molar-refractivity contribution in [2.24, 2.45) is 0 Å². The molecular formula is C14H13Br3N2O. The van der Waals surface area contributed by atoms with Crippen molar-refractivity contribution in [1.82, 2.24) is 4.57 Å². The van der Waals surface area contributed by atoms with Gasteiger partial charge in [-0.3, -0.25) is 4.79 Å². The van der Waals surface area contributed by atoms with Gasteiger partial charge in [-0.15, -0.1) is 0 Å². The highest BCUT2D eigenvalue weighted by molar-refractivity contribution is 9.11. The Morgan fingerprint density at radius 2 is 1.95 bits per heavy atom. The van der Waals surface area contributed by atoms with E-state index in [1.165, 1.54) is 0 Å². The zero-order valence-electron chi connectivity index (χ0n) is 10.8. The smallest absolute Gasteiger partial charge is 0.272 e. The van der Waals surface area contributed by atoms with Crippen LogP contribution >= 0.6 is 47.8 Å². The molecule has 0 aliphatic rings. The lowest BCUT2D eigenvalue weighted by Crippen LogP contribution is -2.17. The molecule has 20 heavy (non-hydrogen) atoms. The van der Waals surface area contributed by atoms with Crippen LogP contribution in [0.1, 0.15) is 23.8 Å². The van der Waals surface area contributed by atoms with Gasteiger partial charge >= 0.3 is 0 Å². The first kappa shape index (κ1) is 15.8. The number of aryl methyl sites for hydroxylation is 1. The average Bonchev–Trinajstić information content (AvgIpc) is 2.75. The van der Waals surface area contributed by atoms with Gasteiger partial charge in [0, 0.05) is 26.2 Å². The molecule has 2 aromatic rings. The van der Waals surface area contributed by atoms with E-state index in [4.69, 9.17) is 0 Å². The maximum Gasteiger partial charge on any atom is 0.272 e. The predicted molar refractivity (Wildman–Crippen MR) is 92.2 cm³/mol. The van der Waals surface area contributed by atoms with Crippen molar-refractivity contribution in [2.45, 2.75) is 19.9 Å². The third-order valence-electron chi connectivity index (χ3n) is 2.74. The zero-order chi connectivity index (χ0) is 14.7. The van der Waals surface area contributed by atoms with Gasteiger partial charge in [0.25, 0.3) is 5.91 Å². The summed E-state index contributed by atoms with van der Waals surface area (Å²) in [5.41, 5.74) is 1.38. The summed E-state index contributed by atoms with van der Waals surface area (Å²) in [6.45, 7) is 2.90. The van der Waals surface area contributed by atoms with Gasteiger partial charge in [-0.2, -0.15) is 0 Å². The Labute approximate surface area is 143 Å². The standard InChI is InChI=1S/C14H13Br3N2O/c1-2-5-19-8-10(16)7-13(19)14(20)18-12-6-9(15)3-4-11(12)17/h3-4,6-8H,2,5H2,1H3,(H,18,20). The average molecular weight is 465 g/mol. The normalized spacial score (nSPS) is 10.6. The summed E-state index contributed by atoms with van der Waals surface area (Å²) in [6.07, 6.45) is 2.90. The first-order chi connectivity index (χ1) is 9.51. The van der Waals surface area contributed by atoms with Crippen molar-refractivity contribution in [1.29, 1.82) is 0 Å². The van der Waals surface area contributed by atoms with Crippen LogP contribution in [0.25, 0.3) is 0 Å². The van der Waals surface area contributed by atoms with Crippen molar-refractivity contribution in [3.63, 3.8) is 0 Å². The van der Waals surface area contributed by atoms with Crippen molar-refractivity contribution in [3.8, 4) is 0 Å². The molecule has 0 radical (unpaired) electrons. The van der Waals surface area contributed by atoms with Gasteiger partial charge in [-0.1, -0.05) is 22.9 Å². The van der Waals surface area contributed by atoms with Crippen LogP contribution in [0.4, 0.5) is 5.69 Å². The van der Waals surface area contributed by atoms with Crippen molar-refractivity contribution < 1.29 is 4.79 Å². The van der Waals surface area contributed by atoms with Crippen LogP contribution in [-0.2, 0) is 6.54 Å². The van der Waals surface area contributed by atoms with Crippen LogP contribution in [0.2, 0.25) is 0 Å². The Balaban J connectivity index is 2.26. The SMILES string of the molecule is CCCn1cc(Br)cc1C(=O)Nc1cc(Br)ccc1Br. The molecule has 106 valence electrons. The minimum atomic E-state index is -0.122. The molecule has 3 nitrogen and oxygen atoms in total. The number of nitrogens with zero attached hydrogens (tertiary/aromatic N) is 1. The molecule has 0 saturated carbocycles. The summed E-state index contributed by atoms with van der Waals surface area (Å²) in [4.78, 5) is 12.4. The number of anilines is 1. The van der Waals surface area contributed by atoms with Crippen LogP contribution in [0.3, 0.4) is 0 Å². The molecule has 2 rings (SSSR count). The van der Waals surface area contributed by atoms with E-state index in [-0.39, 0.29) is 5.91 Å². The highest BCUT2D eigenvalue weighted by Crippen LogP contribution is 2.27. The quantitative estimate of drug-likeness (QED) is 0.642. The summed E-state index contributed by atoms with van der Waals surface area (Å²) >= 11 is 10.3. The van der Waals surface area contributed by atoms with E-state index in [1.807, 2.05) is 35.0 Å². The summed E-state index contributed by atoms with van der Waals surface area (Å²) in [7, 11) is 0. The second-order valence-corrected chi connectivity index (χ2v) is 7.00. The molecule has 6 heteroatoms. The lowest BCUT2D eigenvalue weighted by Gasteiger charge is -2.10. The Hall–Kier alpha value is -0.590. The first-order valence-electron chi connectivity index (χ1n) is 6.13. The second-order valence-electron chi connectivity index (χ2n) is 4.32. The number of halogens is 3. The predicted octanol–water partition coefficient (Wildman–Crippen LogP) is 5.44. The zero-order valence-corrected chi connectivity index (χ0v) is 15.5. The van der Waals surface area contributed by atoms with Gasteiger partial charge in [0.05, 0.1) is 5.69 Å². The Kier molecular flexibility index (Phi) is 5.46. The molecule has 0 unspecified atom stereocenters. The summed E-state index contributed by atoms with van der Waals surface area (Å²) < 4.78 is 4.62. The molecule has 0 bridgehead atoms. The van der Waals surface area contributed by atoms with Gasteiger partial charge in [0.15, 0.2) is 0 Å². The fourth-order valence-corrected chi connectivity index (χ4v) is 3.04. The molecular weight excluding hydrogens is 452 g/mol. The minimum absolute atomic E-state index is 0.122. The fourth-order valence-electron chi connectivity index (χ4n) is 1.87. The number of hydrogen-bond acceptors (Lipinski definition) is 1. The van der Waals surface area contributed by atoms with Crippen LogP contribution in [-0.4, -0.2) is 10.5 Å². The topological polar surface area (TPSA) is 34.0 Å². The number of carbonyl (C=O) groups is 1. The minimum Gasteiger partial charge on any atom is -0.342 e. The van der Waals surface area contributed by atoms with E-state index >= 15 is 0 Å². The van der Waals surface area contributed by atoms with Gasteiger partial charge in [0.2, 0.25) is 0 Å². The molecule has 1 aromatic heterocycles. The number of nitrogens with one attached hydrogen (secondary N) is 1. The fraction of sp³-hybridized carbons (Fsp3) is 0.214. The third kappa shape index (κ3) is 3.74. The van der Waals surface area contributed by atoms with Gasteiger partial charge in [-0.25, -0.2) is 0 Å². The molecule has 0 aliphatic carbocycles. The number of rotatable bonds is 4. The van der Waals surface area contributed by atoms with Crippen LogP contribution in [0, 0.1) is 0 Å². The van der Waals surface area contributed by atoms with E-state index in [9.17, 15) is 4.79 Å². The number of hydrogen-bond donors (Lipinski definition) is 1. The Morgan fingerprint density at radius 1 is 1.20 bits per heavy atom. The number of aromatic nitrogens is 1. The summed E-state index contributed by atoms with van der Waals surface area (Å²) in [6, 6.07) is 7.50. The van der Waals surface area contributed by atoms with Crippen LogP contribution < -0.4 is 5.32 Å². The lowest BCUT2D eigenvalue weighted by atomic mass is 10.3.